The van der Waals surface area contributed by atoms with E-state index in [0.29, 0.717) is 12.2 Å². The topological polar surface area (TPSA) is 80.3 Å². The number of hydrogen-bond acceptors (Lipinski definition) is 8. The van der Waals surface area contributed by atoms with Crippen LogP contribution in [0.1, 0.15) is 58.3 Å². The van der Waals surface area contributed by atoms with E-state index >= 15 is 0 Å². The first-order valence-corrected chi connectivity index (χ1v) is 11.6. The van der Waals surface area contributed by atoms with E-state index in [9.17, 15) is 9.59 Å². The zero-order valence-electron chi connectivity index (χ0n) is 18.3. The molecular weight excluding hydrogens is 432 g/mol. The van der Waals surface area contributed by atoms with Crippen LogP contribution in [0.5, 0.6) is 5.75 Å². The van der Waals surface area contributed by atoms with Crippen LogP contribution in [0.3, 0.4) is 0 Å². The highest BCUT2D eigenvalue weighted by atomic mass is 32.1. The molecule has 3 rings (SSSR count). The minimum atomic E-state index is -0.812. The van der Waals surface area contributed by atoms with Crippen molar-refractivity contribution in [2.75, 3.05) is 0 Å². The molecule has 0 unspecified atom stereocenters. The molecule has 0 saturated carbocycles. The number of benzene rings is 1. The van der Waals surface area contributed by atoms with E-state index < -0.39 is 30.4 Å². The third-order valence-corrected chi connectivity index (χ3v) is 5.62. The number of fused-ring (bicyclic) bond motifs is 1. The molecule has 1 fully saturated rings. The van der Waals surface area contributed by atoms with Gasteiger partial charge in [0.05, 0.1) is 6.10 Å². The summed E-state index contributed by atoms with van der Waals surface area (Å²) in [6.45, 7) is 1.88. The predicted molar refractivity (Wildman–Crippen MR) is 121 cm³/mol. The van der Waals surface area contributed by atoms with Gasteiger partial charge in [-0.05, 0) is 50.8 Å². The van der Waals surface area contributed by atoms with Gasteiger partial charge in [-0.1, -0.05) is 43.9 Å². The maximum Gasteiger partial charge on any atom is 0.509 e. The average molecular weight is 463 g/mol. The van der Waals surface area contributed by atoms with E-state index in [2.05, 4.69) is 0 Å². The van der Waals surface area contributed by atoms with Gasteiger partial charge in [0.25, 0.3) is 0 Å². The number of esters is 1. The van der Waals surface area contributed by atoms with Crippen molar-refractivity contribution in [3.05, 3.63) is 42.5 Å². The van der Waals surface area contributed by atoms with Gasteiger partial charge in [0, 0.05) is 18.3 Å². The van der Waals surface area contributed by atoms with E-state index in [1.807, 2.05) is 25.1 Å². The fourth-order valence-corrected chi connectivity index (χ4v) is 4.02. The summed E-state index contributed by atoms with van der Waals surface area (Å²) in [6.07, 6.45) is 7.33. The maximum absolute atomic E-state index is 12.2. The van der Waals surface area contributed by atoms with Crippen molar-refractivity contribution in [2.24, 2.45) is 0 Å². The smallest absolute Gasteiger partial charge is 0.460 e. The van der Waals surface area contributed by atoms with Crippen molar-refractivity contribution in [1.82, 2.24) is 0 Å². The lowest BCUT2D eigenvalue weighted by Gasteiger charge is -2.25. The molecule has 7 nitrogen and oxygen atoms in total. The summed E-state index contributed by atoms with van der Waals surface area (Å²) in [6, 6.07) is 9.07. The fraction of sp³-hybridized carbons (Fsp3) is 0.542. The first kappa shape index (κ1) is 24.0. The number of para-hydroxylation sites is 1. The molecule has 174 valence electrons. The van der Waals surface area contributed by atoms with E-state index in [4.69, 9.17) is 35.9 Å². The van der Waals surface area contributed by atoms with Gasteiger partial charge in [0.15, 0.2) is 12.2 Å². The summed E-state index contributed by atoms with van der Waals surface area (Å²) in [7, 11) is 0. The molecule has 0 aromatic heterocycles. The minimum Gasteiger partial charge on any atom is -0.460 e. The number of cyclic esters (lactones) is 1. The normalized spacial score (nSPS) is 28.4. The number of thiocarbonyl (C=S) groups is 1. The van der Waals surface area contributed by atoms with Gasteiger partial charge in [0.2, 0.25) is 0 Å². The van der Waals surface area contributed by atoms with Gasteiger partial charge >= 0.3 is 17.4 Å². The predicted octanol–water partition coefficient (Wildman–Crippen LogP) is 5.26. The Balaban J connectivity index is 1.71. The summed E-state index contributed by atoms with van der Waals surface area (Å²) in [4.78, 5) is 24.0. The molecular formula is C24H30O7S. The molecule has 2 aliphatic heterocycles. The second-order valence-electron chi connectivity index (χ2n) is 8.04. The molecule has 1 saturated heterocycles. The summed E-state index contributed by atoms with van der Waals surface area (Å²) in [5.41, 5.74) is 0. The SMILES string of the molecule is C[C@@H]1CCCCCCCC[C@H](OC(=S)Oc2ccccc2)[C@@H]2OC(=O)O[C@H]2/C=C/C(=O)O1. The van der Waals surface area contributed by atoms with Crippen LogP contribution in [0.4, 0.5) is 4.79 Å². The molecule has 0 radical (unpaired) electrons. The molecule has 32 heavy (non-hydrogen) atoms. The average Bonchev–Trinajstić information content (AvgIpc) is 3.13. The molecule has 1 aromatic carbocycles. The third kappa shape index (κ3) is 7.82. The monoisotopic (exact) mass is 462 g/mol. The number of carbonyl (C=O) groups excluding carboxylic acids is 2. The molecule has 0 spiro atoms. The quantitative estimate of drug-likeness (QED) is 0.435. The van der Waals surface area contributed by atoms with Crippen LogP contribution < -0.4 is 4.74 Å². The van der Waals surface area contributed by atoms with Crippen LogP contribution in [0, 0.1) is 0 Å². The number of hydrogen-bond donors (Lipinski definition) is 0. The van der Waals surface area contributed by atoms with E-state index in [-0.39, 0.29) is 11.3 Å². The molecule has 2 heterocycles. The molecule has 4 atom stereocenters. The summed E-state index contributed by atoms with van der Waals surface area (Å²) < 4.78 is 27.6. The molecule has 0 aliphatic carbocycles. The van der Waals surface area contributed by atoms with Crippen LogP contribution >= 0.6 is 12.2 Å². The summed E-state index contributed by atoms with van der Waals surface area (Å²) in [5.74, 6) is 0.0744. The van der Waals surface area contributed by atoms with Gasteiger partial charge in [-0.15, -0.1) is 0 Å². The first-order chi connectivity index (χ1) is 15.5. The Morgan fingerprint density at radius 1 is 0.938 bits per heavy atom. The number of rotatable bonds is 2. The summed E-state index contributed by atoms with van der Waals surface area (Å²) >= 11 is 5.28. The highest BCUT2D eigenvalue weighted by Gasteiger charge is 2.42. The van der Waals surface area contributed by atoms with Gasteiger partial charge in [-0.3, -0.25) is 0 Å². The summed E-state index contributed by atoms with van der Waals surface area (Å²) in [5, 5.41) is -0.0606. The van der Waals surface area contributed by atoms with Crippen molar-refractivity contribution in [1.29, 1.82) is 0 Å². The van der Waals surface area contributed by atoms with Crippen LogP contribution in [-0.4, -0.2) is 41.8 Å². The van der Waals surface area contributed by atoms with Crippen LogP contribution in [0.25, 0.3) is 0 Å². The van der Waals surface area contributed by atoms with Crippen molar-refractivity contribution >= 4 is 29.6 Å². The third-order valence-electron chi connectivity index (χ3n) is 5.44. The van der Waals surface area contributed by atoms with Crippen molar-refractivity contribution < 1.29 is 33.3 Å². The maximum atomic E-state index is 12.2. The molecule has 1 aromatic rings. The highest BCUT2D eigenvalue weighted by Crippen LogP contribution is 2.26. The second kappa shape index (κ2) is 12.4. The van der Waals surface area contributed by atoms with E-state index in [0.717, 1.165) is 44.9 Å². The lowest BCUT2D eigenvalue weighted by molar-refractivity contribution is -0.142. The lowest BCUT2D eigenvalue weighted by atomic mass is 10.00. The van der Waals surface area contributed by atoms with Gasteiger partial charge in [-0.2, -0.15) is 0 Å². The zero-order valence-corrected chi connectivity index (χ0v) is 19.1. The first-order valence-electron chi connectivity index (χ1n) is 11.2. The zero-order chi connectivity index (χ0) is 22.8. The van der Waals surface area contributed by atoms with Crippen LogP contribution in [0.15, 0.2) is 42.5 Å². The molecule has 0 bridgehead atoms. The Labute approximate surface area is 194 Å². The largest absolute Gasteiger partial charge is 0.509 e. The number of ether oxygens (including phenoxy) is 5. The van der Waals surface area contributed by atoms with E-state index in [1.165, 1.54) is 12.2 Å². The Kier molecular flexibility index (Phi) is 9.34. The van der Waals surface area contributed by atoms with Gasteiger partial charge in [0.1, 0.15) is 11.9 Å². The minimum absolute atomic E-state index is 0.0606. The standard InChI is InChI=1S/C24H30O7S/c1-17-11-7-4-2-3-5-10-14-19(30-24(32)28-18-12-8-6-9-13-18)22-20(29-23(26)31-22)15-16-21(25)27-17/h6,8-9,12-13,15-17,19-20,22H,2-5,7,10-11,14H2,1H3/b16-15+/t17-,19+,20+,22+/m1/s1. The highest BCUT2D eigenvalue weighted by molar-refractivity contribution is 7.79. The van der Waals surface area contributed by atoms with Crippen molar-refractivity contribution in [3.8, 4) is 5.75 Å². The Bertz CT molecular complexity index is 795. The van der Waals surface area contributed by atoms with E-state index in [1.54, 1.807) is 12.1 Å². The van der Waals surface area contributed by atoms with Crippen molar-refractivity contribution in [2.45, 2.75) is 82.7 Å². The van der Waals surface area contributed by atoms with Crippen molar-refractivity contribution in [3.63, 3.8) is 0 Å². The van der Waals surface area contributed by atoms with Gasteiger partial charge < -0.3 is 23.7 Å². The van der Waals surface area contributed by atoms with Gasteiger partial charge in [-0.25, -0.2) is 9.59 Å². The van der Waals surface area contributed by atoms with Crippen LogP contribution in [-0.2, 0) is 23.7 Å². The molecule has 0 amide bonds. The Morgan fingerprint density at radius 3 is 2.38 bits per heavy atom. The Hall–Kier alpha value is -2.61. The number of carbonyl (C=O) groups is 2. The molecule has 8 heteroatoms. The molecule has 0 N–H and O–H groups in total. The van der Waals surface area contributed by atoms with Crippen LogP contribution in [0.2, 0.25) is 0 Å². The Morgan fingerprint density at radius 2 is 1.62 bits per heavy atom. The fourth-order valence-electron chi connectivity index (χ4n) is 3.80. The molecule has 2 aliphatic rings. The lowest BCUT2D eigenvalue weighted by Crippen LogP contribution is -2.38. The second-order valence-corrected chi connectivity index (χ2v) is 8.37.